The minimum absolute atomic E-state index is 0.0695. The Morgan fingerprint density at radius 2 is 0.529 bits per heavy atom. The zero-order valence-electron chi connectivity index (χ0n) is 30.6. The Hall–Kier alpha value is -5.67. The fourth-order valence-electron chi connectivity index (χ4n) is 7.47. The fraction of sp³-hybridized carbons (Fsp3) is 0. The number of nitro benzene ring substituents is 3. The van der Waals surface area contributed by atoms with Crippen molar-refractivity contribution in [1.29, 1.82) is 15.8 Å². The van der Waals surface area contributed by atoms with Crippen LogP contribution in [0.4, 0.5) is 17.1 Å². The van der Waals surface area contributed by atoms with Crippen molar-refractivity contribution in [3.8, 4) is 18.2 Å². The van der Waals surface area contributed by atoms with Gasteiger partial charge in [-0.2, -0.15) is 15.8 Å². The average Bonchev–Trinajstić information content (AvgIpc) is 3.77. The van der Waals surface area contributed by atoms with Gasteiger partial charge in [0.05, 0.1) is 31.5 Å². The summed E-state index contributed by atoms with van der Waals surface area (Å²) in [7, 11) is 19.7. The predicted octanol–water partition coefficient (Wildman–Crippen LogP) is -15.2. The SMILES string of the molecule is Bc1c(B)c([N+](=O)[O-])c(B)c(B)c1C(C#N)=C1C(=C(C#N)c2c(B)c(B)c([N+](=O)[O-])c(B)c2B)C1=C(C#N)c1c(B)c(B)c([N+](=O)[O-])c(B)c1B. The summed E-state index contributed by atoms with van der Waals surface area (Å²) in [5.74, 6) is 0. The lowest BCUT2D eigenvalue weighted by atomic mass is 9.64. The minimum Gasteiger partial charge on any atom is -0.258 e. The molecule has 0 spiro atoms. The molecule has 3 aromatic carbocycles. The molecule has 0 heterocycles. The van der Waals surface area contributed by atoms with E-state index in [1.54, 1.807) is 94.2 Å². The number of nitriles is 3. The molecule has 4 rings (SSSR count). The van der Waals surface area contributed by atoms with Crippen LogP contribution >= 0.6 is 0 Å². The van der Waals surface area contributed by atoms with Gasteiger partial charge in [-0.15, -0.1) is 0 Å². The third-order valence-electron chi connectivity index (χ3n) is 10.8. The molecule has 3 aromatic rings. The molecule has 234 valence electrons. The molecule has 0 aromatic heterocycles. The monoisotopic (exact) mass is 660 g/mol. The zero-order chi connectivity index (χ0) is 38.7. The van der Waals surface area contributed by atoms with Crippen LogP contribution in [0.1, 0.15) is 16.7 Å². The molecule has 0 aliphatic heterocycles. The van der Waals surface area contributed by atoms with Crippen LogP contribution in [0.2, 0.25) is 0 Å². The number of nitro groups is 3. The molecular formula is C27H24B12N6O6. The van der Waals surface area contributed by atoms with Crippen LogP contribution in [0.5, 0.6) is 0 Å². The maximum atomic E-state index is 12.0. The molecule has 0 N–H and O–H groups in total. The first-order chi connectivity index (χ1) is 23.7. The number of hydrogen-bond acceptors (Lipinski definition) is 9. The summed E-state index contributed by atoms with van der Waals surface area (Å²) in [4.78, 5) is 34.8. The van der Waals surface area contributed by atoms with Gasteiger partial charge < -0.3 is 0 Å². The third-order valence-corrected chi connectivity index (χ3v) is 10.8. The summed E-state index contributed by atoms with van der Waals surface area (Å²) in [6.45, 7) is 0. The summed E-state index contributed by atoms with van der Waals surface area (Å²) in [5.41, 5.74) is 7.41. The van der Waals surface area contributed by atoms with Gasteiger partial charge >= 0.3 is 0 Å². The van der Waals surface area contributed by atoms with Gasteiger partial charge in [0.25, 0.3) is 17.1 Å². The van der Waals surface area contributed by atoms with Gasteiger partial charge in [-0.3, -0.25) is 30.3 Å². The van der Waals surface area contributed by atoms with Crippen LogP contribution in [0.25, 0.3) is 16.7 Å². The minimum atomic E-state index is -0.460. The molecule has 0 saturated heterocycles. The van der Waals surface area contributed by atoms with E-state index < -0.39 is 14.8 Å². The molecule has 51 heavy (non-hydrogen) atoms. The molecule has 1 aliphatic rings. The molecule has 24 heteroatoms. The van der Waals surface area contributed by atoms with Crippen molar-refractivity contribution >= 4 is 193 Å². The first kappa shape index (κ1) is 38.1. The molecule has 1 aliphatic carbocycles. The van der Waals surface area contributed by atoms with Crippen LogP contribution in [0.3, 0.4) is 0 Å². The van der Waals surface area contributed by atoms with Gasteiger partial charge in [-0.25, -0.2) is 0 Å². The van der Waals surface area contributed by atoms with Crippen molar-refractivity contribution in [2.45, 2.75) is 0 Å². The largest absolute Gasteiger partial charge is 0.258 e. The Balaban J connectivity index is 2.38. The summed E-state index contributed by atoms with van der Waals surface area (Å²) in [6, 6.07) is 6.85. The van der Waals surface area contributed by atoms with Crippen molar-refractivity contribution in [2.75, 3.05) is 0 Å². The number of nitrogens with zero attached hydrogens (tertiary/aromatic N) is 6. The van der Waals surface area contributed by atoms with Crippen LogP contribution in [-0.4, -0.2) is 109 Å². The standard InChI is InChI=1S/C27H24B12N6O6/c28-13-10(14(29)20(35)25(19(13)34)43(46)47)4(1-40)7-8(5(2-41)11-15(30)21(36)26(44(48)49)22(37)16(11)31)9(7)6(3-42)12-17(32)23(38)27(45(50)51)24(39)18(12)33/h28-39H2. The Morgan fingerprint density at radius 3 is 0.647 bits per heavy atom. The van der Waals surface area contributed by atoms with Gasteiger partial charge in [0.2, 0.25) is 0 Å². The number of hydrogen-bond donors (Lipinski definition) is 0. The topological polar surface area (TPSA) is 201 Å². The van der Waals surface area contributed by atoms with E-state index in [1.807, 2.05) is 0 Å². The molecule has 0 atom stereocenters. The molecule has 1 fully saturated rings. The van der Waals surface area contributed by atoms with E-state index in [4.69, 9.17) is 0 Å². The first-order valence-corrected chi connectivity index (χ1v) is 15.9. The van der Waals surface area contributed by atoms with E-state index in [0.29, 0.717) is 99.0 Å². The second-order valence-electron chi connectivity index (χ2n) is 13.0. The maximum absolute atomic E-state index is 12.0. The lowest BCUT2D eigenvalue weighted by Crippen LogP contribution is -2.46. The van der Waals surface area contributed by atoms with Crippen molar-refractivity contribution in [2.24, 2.45) is 0 Å². The molecule has 0 amide bonds. The highest BCUT2D eigenvalue weighted by Crippen LogP contribution is 2.55. The van der Waals surface area contributed by atoms with Crippen molar-refractivity contribution in [3.63, 3.8) is 0 Å². The van der Waals surface area contributed by atoms with Gasteiger partial charge in [-0.05, 0) is 49.5 Å². The predicted molar refractivity (Wildman–Crippen MR) is 235 cm³/mol. The first-order valence-electron chi connectivity index (χ1n) is 15.9. The molecule has 0 unspecified atom stereocenters. The molecule has 0 bridgehead atoms. The smallest absolute Gasteiger partial charge is 0.255 e. The second-order valence-corrected chi connectivity index (χ2v) is 13.0. The van der Waals surface area contributed by atoms with E-state index >= 15 is 0 Å². The van der Waals surface area contributed by atoms with Crippen molar-refractivity contribution in [3.05, 3.63) is 63.8 Å². The molecule has 12 nitrogen and oxygen atoms in total. The highest BCUT2D eigenvalue weighted by molar-refractivity contribution is 6.63. The molecule has 1 saturated carbocycles. The van der Waals surface area contributed by atoms with Gasteiger partial charge in [-0.1, -0.05) is 32.8 Å². The quantitative estimate of drug-likeness (QED) is 0.107. The Kier molecular flexibility index (Phi) is 10.1. The summed E-state index contributed by atoms with van der Waals surface area (Å²) in [6.07, 6.45) is 0. The maximum Gasteiger partial charge on any atom is 0.255 e. The third kappa shape index (κ3) is 5.67. The van der Waals surface area contributed by atoms with E-state index in [0.717, 1.165) is 0 Å². The highest BCUT2D eigenvalue weighted by Gasteiger charge is 2.43. The normalized spacial score (nSPS) is 11.6. The van der Waals surface area contributed by atoms with Crippen LogP contribution in [0, 0.1) is 64.3 Å². The summed E-state index contributed by atoms with van der Waals surface area (Å²) < 4.78 is 0. The Bertz CT molecular complexity index is 2110. The van der Waals surface area contributed by atoms with Gasteiger partial charge in [0.1, 0.15) is 112 Å². The average molecular weight is 658 g/mol. The molecule has 0 radical (unpaired) electrons. The van der Waals surface area contributed by atoms with Gasteiger partial charge in [0.15, 0.2) is 0 Å². The van der Waals surface area contributed by atoms with Crippen LogP contribution in [0.15, 0.2) is 16.7 Å². The van der Waals surface area contributed by atoms with Crippen LogP contribution < -0.4 is 65.6 Å². The molecular weight excluding hydrogens is 634 g/mol. The zero-order valence-corrected chi connectivity index (χ0v) is 30.6. The highest BCUT2D eigenvalue weighted by atomic mass is 16.6. The Labute approximate surface area is 305 Å². The van der Waals surface area contributed by atoms with E-state index in [2.05, 4.69) is 18.2 Å². The number of allylic oxidation sites excluding steroid dienone is 6. The fourth-order valence-corrected chi connectivity index (χ4v) is 7.47. The number of rotatable bonds is 6. The summed E-state index contributed by atoms with van der Waals surface area (Å²) >= 11 is 0. The lowest BCUT2D eigenvalue weighted by Gasteiger charge is -2.17. The van der Waals surface area contributed by atoms with Crippen LogP contribution in [-0.2, 0) is 0 Å². The van der Waals surface area contributed by atoms with Crippen molar-refractivity contribution < 1.29 is 14.8 Å². The second kappa shape index (κ2) is 13.6. The summed E-state index contributed by atoms with van der Waals surface area (Å²) in [5, 5.41) is 68.8. The lowest BCUT2D eigenvalue weighted by molar-refractivity contribution is -0.382. The van der Waals surface area contributed by atoms with E-state index in [9.17, 15) is 46.1 Å². The van der Waals surface area contributed by atoms with Crippen molar-refractivity contribution in [1.82, 2.24) is 0 Å². The van der Waals surface area contributed by atoms with E-state index in [-0.39, 0.29) is 33.8 Å². The number of benzene rings is 3. The van der Waals surface area contributed by atoms with Gasteiger partial charge in [0, 0.05) is 16.7 Å². The Morgan fingerprint density at radius 1 is 0.373 bits per heavy atom. The van der Waals surface area contributed by atoms with E-state index in [1.165, 1.54) is 0 Å².